The smallest absolute Gasteiger partial charge is 0.309 e. The lowest BCUT2D eigenvalue weighted by atomic mass is 10.1. The van der Waals surface area contributed by atoms with E-state index in [2.05, 4.69) is 17.1 Å². The molecule has 0 aromatic heterocycles. The second kappa shape index (κ2) is 7.67. The number of carbonyl (C=O) groups is 1. The van der Waals surface area contributed by atoms with Gasteiger partial charge in [-0.25, -0.2) is 0 Å². The largest absolute Gasteiger partial charge is 0.466 e. The number of rotatable bonds is 7. The zero-order valence-electron chi connectivity index (χ0n) is 11.4. The maximum Gasteiger partial charge on any atom is 0.309 e. The van der Waals surface area contributed by atoms with Crippen molar-refractivity contribution in [2.45, 2.75) is 39.7 Å². The van der Waals surface area contributed by atoms with Crippen LogP contribution in [0, 0.1) is 5.92 Å². The first-order valence-electron chi connectivity index (χ1n) is 6.79. The predicted octanol–water partition coefficient (Wildman–Crippen LogP) is 1.26. The lowest BCUT2D eigenvalue weighted by Crippen LogP contribution is -2.40. The van der Waals surface area contributed by atoms with Crippen LogP contribution < -0.4 is 5.32 Å². The van der Waals surface area contributed by atoms with Gasteiger partial charge in [0.15, 0.2) is 0 Å². The minimum atomic E-state index is -0.0784. The molecule has 17 heavy (non-hydrogen) atoms. The molecular formula is C13H26N2O2. The third-order valence-electron chi connectivity index (χ3n) is 3.31. The molecule has 1 N–H and O–H groups in total. The summed E-state index contributed by atoms with van der Waals surface area (Å²) < 4.78 is 5.04. The van der Waals surface area contributed by atoms with E-state index < -0.39 is 0 Å². The summed E-state index contributed by atoms with van der Waals surface area (Å²) >= 11 is 0. The number of likely N-dealkylation sites (N-methyl/N-ethyl adjacent to an activating group) is 1. The molecule has 2 atom stereocenters. The third-order valence-corrected chi connectivity index (χ3v) is 3.31. The molecule has 1 heterocycles. The monoisotopic (exact) mass is 242 g/mol. The molecule has 0 saturated carbocycles. The van der Waals surface area contributed by atoms with Crippen molar-refractivity contribution in [2.75, 3.05) is 32.8 Å². The number of nitrogens with zero attached hydrogens (tertiary/aromatic N) is 1. The second-order valence-electron chi connectivity index (χ2n) is 4.80. The van der Waals surface area contributed by atoms with Crippen molar-refractivity contribution < 1.29 is 9.53 Å². The summed E-state index contributed by atoms with van der Waals surface area (Å²) in [5, 5.41) is 3.49. The fraction of sp³-hybridized carbons (Fsp3) is 0.923. The highest BCUT2D eigenvalue weighted by atomic mass is 16.5. The zero-order valence-corrected chi connectivity index (χ0v) is 11.4. The maximum atomic E-state index is 11.6. The van der Waals surface area contributed by atoms with Crippen molar-refractivity contribution in [3.8, 4) is 0 Å². The average Bonchev–Trinajstić information content (AvgIpc) is 2.81. The van der Waals surface area contributed by atoms with Crippen molar-refractivity contribution in [3.63, 3.8) is 0 Å². The molecule has 1 saturated heterocycles. The number of hydrogen-bond acceptors (Lipinski definition) is 4. The summed E-state index contributed by atoms with van der Waals surface area (Å²) in [6.45, 7) is 10.4. The standard InChI is InChI=1S/C13H26N2O2/c1-4-15(10-12-7-6-8-14-12)9-11(3)13(16)17-5-2/h11-12,14H,4-10H2,1-3H3. The first-order chi connectivity index (χ1) is 8.17. The van der Waals surface area contributed by atoms with Gasteiger partial charge < -0.3 is 15.0 Å². The Morgan fingerprint density at radius 3 is 2.82 bits per heavy atom. The van der Waals surface area contributed by atoms with E-state index in [0.29, 0.717) is 12.6 Å². The summed E-state index contributed by atoms with van der Waals surface area (Å²) in [5.41, 5.74) is 0. The van der Waals surface area contributed by atoms with Gasteiger partial charge in [-0.15, -0.1) is 0 Å². The van der Waals surface area contributed by atoms with Crippen LogP contribution in [0.4, 0.5) is 0 Å². The molecule has 0 spiro atoms. The quantitative estimate of drug-likeness (QED) is 0.682. The highest BCUT2D eigenvalue weighted by Crippen LogP contribution is 2.09. The molecule has 0 aromatic carbocycles. The lowest BCUT2D eigenvalue weighted by Gasteiger charge is -2.26. The Morgan fingerprint density at radius 2 is 2.29 bits per heavy atom. The van der Waals surface area contributed by atoms with Gasteiger partial charge in [0.2, 0.25) is 0 Å². The van der Waals surface area contributed by atoms with Gasteiger partial charge in [0, 0.05) is 19.1 Å². The highest BCUT2D eigenvalue weighted by molar-refractivity contribution is 5.72. The van der Waals surface area contributed by atoms with Gasteiger partial charge in [-0.05, 0) is 32.9 Å². The van der Waals surface area contributed by atoms with Crippen LogP contribution in [0.2, 0.25) is 0 Å². The van der Waals surface area contributed by atoms with E-state index >= 15 is 0 Å². The van der Waals surface area contributed by atoms with Gasteiger partial charge in [-0.2, -0.15) is 0 Å². The number of hydrogen-bond donors (Lipinski definition) is 1. The minimum Gasteiger partial charge on any atom is -0.466 e. The van der Waals surface area contributed by atoms with E-state index in [1.165, 1.54) is 12.8 Å². The van der Waals surface area contributed by atoms with E-state index in [-0.39, 0.29) is 11.9 Å². The van der Waals surface area contributed by atoms with Gasteiger partial charge >= 0.3 is 5.97 Å². The van der Waals surface area contributed by atoms with Crippen molar-refractivity contribution in [1.82, 2.24) is 10.2 Å². The fourth-order valence-electron chi connectivity index (χ4n) is 2.30. The van der Waals surface area contributed by atoms with E-state index in [1.54, 1.807) is 0 Å². The van der Waals surface area contributed by atoms with Crippen LogP contribution in [0.5, 0.6) is 0 Å². The Kier molecular flexibility index (Phi) is 6.52. The van der Waals surface area contributed by atoms with Gasteiger partial charge in [-0.1, -0.05) is 13.8 Å². The molecule has 1 fully saturated rings. The summed E-state index contributed by atoms with van der Waals surface area (Å²) in [7, 11) is 0. The summed E-state index contributed by atoms with van der Waals surface area (Å²) in [4.78, 5) is 13.9. The summed E-state index contributed by atoms with van der Waals surface area (Å²) in [5.74, 6) is -0.110. The molecule has 0 amide bonds. The molecule has 100 valence electrons. The van der Waals surface area contributed by atoms with E-state index in [1.807, 2.05) is 13.8 Å². The molecule has 1 aliphatic heterocycles. The van der Waals surface area contributed by atoms with Gasteiger partial charge in [0.25, 0.3) is 0 Å². The first kappa shape index (κ1) is 14.5. The number of esters is 1. The molecule has 1 aliphatic rings. The predicted molar refractivity (Wildman–Crippen MR) is 68.9 cm³/mol. The average molecular weight is 242 g/mol. The normalized spacial score (nSPS) is 21.8. The van der Waals surface area contributed by atoms with Crippen molar-refractivity contribution >= 4 is 5.97 Å². The minimum absolute atomic E-state index is 0.0312. The summed E-state index contributed by atoms with van der Waals surface area (Å²) in [6, 6.07) is 0.601. The van der Waals surface area contributed by atoms with Crippen LogP contribution in [0.25, 0.3) is 0 Å². The molecule has 0 radical (unpaired) electrons. The van der Waals surface area contributed by atoms with Crippen molar-refractivity contribution in [1.29, 1.82) is 0 Å². The van der Waals surface area contributed by atoms with Gasteiger partial charge in [0.05, 0.1) is 12.5 Å². The molecule has 4 heteroatoms. The lowest BCUT2D eigenvalue weighted by molar-refractivity contribution is -0.148. The Balaban J connectivity index is 2.31. The molecule has 0 bridgehead atoms. The molecule has 2 unspecified atom stereocenters. The van der Waals surface area contributed by atoms with Crippen LogP contribution >= 0.6 is 0 Å². The van der Waals surface area contributed by atoms with Crippen LogP contribution in [0.1, 0.15) is 33.6 Å². The number of nitrogens with one attached hydrogen (secondary N) is 1. The summed E-state index contributed by atoms with van der Waals surface area (Å²) in [6.07, 6.45) is 2.53. The van der Waals surface area contributed by atoms with E-state index in [4.69, 9.17) is 4.74 Å². The van der Waals surface area contributed by atoms with Gasteiger partial charge in [0.1, 0.15) is 0 Å². The molecule has 0 aromatic rings. The zero-order chi connectivity index (χ0) is 12.7. The molecule has 0 aliphatic carbocycles. The SMILES string of the molecule is CCOC(=O)C(C)CN(CC)CC1CCCN1. The van der Waals surface area contributed by atoms with E-state index in [9.17, 15) is 4.79 Å². The Bertz CT molecular complexity index is 227. The number of carbonyl (C=O) groups excluding carboxylic acids is 1. The van der Waals surface area contributed by atoms with E-state index in [0.717, 1.165) is 26.2 Å². The molecule has 1 rings (SSSR count). The Hall–Kier alpha value is -0.610. The van der Waals surface area contributed by atoms with Crippen LogP contribution in [0.15, 0.2) is 0 Å². The first-order valence-corrected chi connectivity index (χ1v) is 6.79. The van der Waals surface area contributed by atoms with Crippen LogP contribution in [-0.4, -0.2) is 49.7 Å². The maximum absolute atomic E-state index is 11.6. The van der Waals surface area contributed by atoms with Crippen LogP contribution in [0.3, 0.4) is 0 Å². The third kappa shape index (κ3) is 5.04. The molecule has 4 nitrogen and oxygen atoms in total. The van der Waals surface area contributed by atoms with Gasteiger partial charge in [-0.3, -0.25) is 4.79 Å². The van der Waals surface area contributed by atoms with Crippen LogP contribution in [-0.2, 0) is 9.53 Å². The Labute approximate surface area is 105 Å². The fourth-order valence-corrected chi connectivity index (χ4v) is 2.30. The highest BCUT2D eigenvalue weighted by Gasteiger charge is 2.21. The number of ether oxygens (including phenoxy) is 1. The van der Waals surface area contributed by atoms with Crippen molar-refractivity contribution in [3.05, 3.63) is 0 Å². The van der Waals surface area contributed by atoms with Crippen molar-refractivity contribution in [2.24, 2.45) is 5.92 Å². The topological polar surface area (TPSA) is 41.6 Å². The molecular weight excluding hydrogens is 216 g/mol. The Morgan fingerprint density at radius 1 is 1.53 bits per heavy atom. The second-order valence-corrected chi connectivity index (χ2v) is 4.80.